The highest BCUT2D eigenvalue weighted by Crippen LogP contribution is 2.30. The quantitative estimate of drug-likeness (QED) is 0.213. The van der Waals surface area contributed by atoms with Crippen LogP contribution < -0.4 is 24.6 Å². The van der Waals surface area contributed by atoms with E-state index in [9.17, 15) is 9.59 Å². The number of amides is 2. The van der Waals surface area contributed by atoms with Crippen LogP contribution in [0.5, 0.6) is 17.2 Å². The normalized spacial score (nSPS) is 15.0. The first-order chi connectivity index (χ1) is 18.0. The molecule has 1 heterocycles. The SMILES string of the molecule is CCOc1cc(C=C2C(=O)NN(c3ccccc3)C2=O)ccc1OCCOc1ccc(C(C)CC)cc1. The number of nitrogens with one attached hydrogen (secondary N) is 1. The van der Waals surface area contributed by atoms with Crippen molar-refractivity contribution in [1.29, 1.82) is 0 Å². The lowest BCUT2D eigenvalue weighted by atomic mass is 9.99. The molecule has 1 aliphatic heterocycles. The Bertz CT molecular complexity index is 1250. The zero-order valence-electron chi connectivity index (χ0n) is 21.4. The van der Waals surface area contributed by atoms with Gasteiger partial charge in [-0.1, -0.05) is 50.2 Å². The standard InChI is InChI=1S/C30H32N2O5/c1-4-21(3)23-12-14-25(15-13-23)36-17-18-37-27-16-11-22(20-28(27)35-5-2)19-26-29(33)31-32(30(26)34)24-9-7-6-8-10-24/h6-16,19-21H,4-5,17-18H2,1-3H3,(H,31,33). The van der Waals surface area contributed by atoms with Crippen LogP contribution in [0.2, 0.25) is 0 Å². The van der Waals surface area contributed by atoms with E-state index >= 15 is 0 Å². The molecule has 1 fully saturated rings. The Morgan fingerprint density at radius 3 is 2.30 bits per heavy atom. The average Bonchev–Trinajstić information content (AvgIpc) is 3.21. The highest BCUT2D eigenvalue weighted by Gasteiger charge is 2.34. The summed E-state index contributed by atoms with van der Waals surface area (Å²) in [5.41, 5.74) is 5.20. The first-order valence-electron chi connectivity index (χ1n) is 12.5. The first kappa shape index (κ1) is 25.8. The van der Waals surface area contributed by atoms with Crippen molar-refractivity contribution in [2.24, 2.45) is 0 Å². The summed E-state index contributed by atoms with van der Waals surface area (Å²) in [7, 11) is 0. The minimum Gasteiger partial charge on any atom is -0.490 e. The smallest absolute Gasteiger partial charge is 0.282 e. The van der Waals surface area contributed by atoms with Gasteiger partial charge in [0, 0.05) is 0 Å². The van der Waals surface area contributed by atoms with E-state index in [1.165, 1.54) is 10.6 Å². The zero-order chi connectivity index (χ0) is 26.2. The summed E-state index contributed by atoms with van der Waals surface area (Å²) in [5.74, 6) is 1.54. The summed E-state index contributed by atoms with van der Waals surface area (Å²) >= 11 is 0. The molecule has 1 unspecified atom stereocenters. The lowest BCUT2D eigenvalue weighted by Gasteiger charge is -2.14. The fourth-order valence-corrected chi connectivity index (χ4v) is 3.92. The van der Waals surface area contributed by atoms with E-state index < -0.39 is 11.8 Å². The molecule has 3 aromatic rings. The molecular weight excluding hydrogens is 468 g/mol. The summed E-state index contributed by atoms with van der Waals surface area (Å²) in [6.07, 6.45) is 2.65. The molecule has 1 atom stereocenters. The third-order valence-corrected chi connectivity index (χ3v) is 6.16. The van der Waals surface area contributed by atoms with Crippen molar-refractivity contribution in [3.63, 3.8) is 0 Å². The van der Waals surface area contributed by atoms with Gasteiger partial charge in [0.25, 0.3) is 11.8 Å². The molecule has 7 nitrogen and oxygen atoms in total. The molecule has 0 bridgehead atoms. The third kappa shape index (κ3) is 6.30. The Hall–Kier alpha value is -4.26. The molecule has 4 rings (SSSR count). The third-order valence-electron chi connectivity index (χ3n) is 6.16. The Morgan fingerprint density at radius 2 is 1.59 bits per heavy atom. The predicted molar refractivity (Wildman–Crippen MR) is 144 cm³/mol. The van der Waals surface area contributed by atoms with Crippen molar-refractivity contribution in [2.45, 2.75) is 33.1 Å². The molecule has 3 aromatic carbocycles. The second-order valence-electron chi connectivity index (χ2n) is 8.69. The van der Waals surface area contributed by atoms with Crippen LogP contribution in [0, 0.1) is 0 Å². The highest BCUT2D eigenvalue weighted by atomic mass is 16.5. The van der Waals surface area contributed by atoms with Gasteiger partial charge in [-0.25, -0.2) is 5.01 Å². The topological polar surface area (TPSA) is 77.1 Å². The highest BCUT2D eigenvalue weighted by molar-refractivity contribution is 6.31. The molecule has 0 saturated carbocycles. The van der Waals surface area contributed by atoms with Gasteiger partial charge >= 0.3 is 0 Å². The van der Waals surface area contributed by atoms with Gasteiger partial charge < -0.3 is 14.2 Å². The van der Waals surface area contributed by atoms with E-state index in [0.29, 0.717) is 48.5 Å². The number of ether oxygens (including phenoxy) is 3. The van der Waals surface area contributed by atoms with Gasteiger partial charge in [0.1, 0.15) is 24.5 Å². The van der Waals surface area contributed by atoms with Crippen LogP contribution in [0.3, 0.4) is 0 Å². The maximum absolute atomic E-state index is 12.9. The fraction of sp³-hybridized carbons (Fsp3) is 0.267. The van der Waals surface area contributed by atoms with E-state index in [2.05, 4.69) is 31.4 Å². The minimum absolute atomic E-state index is 0.0488. The van der Waals surface area contributed by atoms with Gasteiger partial charge in [0.2, 0.25) is 0 Å². The number of hydrogen-bond donors (Lipinski definition) is 1. The van der Waals surface area contributed by atoms with Crippen LogP contribution in [0.15, 0.2) is 78.4 Å². The number of rotatable bonds is 11. The summed E-state index contributed by atoms with van der Waals surface area (Å²) in [5, 5.41) is 1.24. The fourth-order valence-electron chi connectivity index (χ4n) is 3.92. The minimum atomic E-state index is -0.457. The van der Waals surface area contributed by atoms with Crippen LogP contribution in [-0.2, 0) is 9.59 Å². The number of benzene rings is 3. The molecule has 0 radical (unpaired) electrons. The van der Waals surface area contributed by atoms with Crippen LogP contribution in [0.4, 0.5) is 5.69 Å². The largest absolute Gasteiger partial charge is 0.490 e. The van der Waals surface area contributed by atoms with Gasteiger partial charge in [0.15, 0.2) is 11.5 Å². The zero-order valence-corrected chi connectivity index (χ0v) is 21.4. The lowest BCUT2D eigenvalue weighted by Crippen LogP contribution is -2.35. The Balaban J connectivity index is 1.39. The van der Waals surface area contributed by atoms with E-state index in [0.717, 1.165) is 12.2 Å². The Labute approximate surface area is 217 Å². The van der Waals surface area contributed by atoms with Crippen molar-refractivity contribution in [1.82, 2.24) is 5.43 Å². The lowest BCUT2D eigenvalue weighted by molar-refractivity contribution is -0.117. The summed E-state index contributed by atoms with van der Waals surface area (Å²) in [6, 6.07) is 22.4. The number of hydrogen-bond acceptors (Lipinski definition) is 5. The number of hydrazine groups is 1. The van der Waals surface area contributed by atoms with Crippen molar-refractivity contribution in [3.8, 4) is 17.2 Å². The van der Waals surface area contributed by atoms with E-state index in [4.69, 9.17) is 14.2 Å². The number of carbonyl (C=O) groups is 2. The molecular formula is C30H32N2O5. The van der Waals surface area contributed by atoms with Crippen LogP contribution in [-0.4, -0.2) is 31.6 Å². The van der Waals surface area contributed by atoms with Gasteiger partial charge in [0.05, 0.1) is 12.3 Å². The van der Waals surface area contributed by atoms with Gasteiger partial charge in [-0.05, 0) is 72.9 Å². The second kappa shape index (κ2) is 12.1. The molecule has 37 heavy (non-hydrogen) atoms. The molecule has 0 spiro atoms. The molecule has 1 saturated heterocycles. The van der Waals surface area contributed by atoms with Crippen molar-refractivity contribution in [3.05, 3.63) is 89.5 Å². The van der Waals surface area contributed by atoms with Crippen molar-refractivity contribution in [2.75, 3.05) is 24.8 Å². The molecule has 0 aliphatic carbocycles. The van der Waals surface area contributed by atoms with Crippen molar-refractivity contribution >= 4 is 23.6 Å². The molecule has 192 valence electrons. The maximum atomic E-state index is 12.9. The van der Waals surface area contributed by atoms with E-state index in [1.807, 2.05) is 25.1 Å². The predicted octanol–water partition coefficient (Wildman–Crippen LogP) is 5.52. The van der Waals surface area contributed by atoms with Gasteiger partial charge in [-0.3, -0.25) is 15.0 Å². The number of anilines is 1. The van der Waals surface area contributed by atoms with Crippen LogP contribution >= 0.6 is 0 Å². The molecule has 2 amide bonds. The maximum Gasteiger partial charge on any atom is 0.282 e. The number of carbonyl (C=O) groups excluding carboxylic acids is 2. The van der Waals surface area contributed by atoms with E-state index in [1.54, 1.807) is 48.5 Å². The molecule has 7 heteroatoms. The summed E-state index contributed by atoms with van der Waals surface area (Å²) in [6.45, 7) is 7.42. The van der Waals surface area contributed by atoms with E-state index in [-0.39, 0.29) is 5.57 Å². The van der Waals surface area contributed by atoms with Gasteiger partial charge in [-0.15, -0.1) is 0 Å². The Kier molecular flexibility index (Phi) is 8.46. The van der Waals surface area contributed by atoms with Gasteiger partial charge in [-0.2, -0.15) is 0 Å². The Morgan fingerprint density at radius 1 is 0.865 bits per heavy atom. The molecule has 1 aliphatic rings. The summed E-state index contributed by atoms with van der Waals surface area (Å²) in [4.78, 5) is 25.4. The summed E-state index contributed by atoms with van der Waals surface area (Å²) < 4.78 is 17.5. The monoisotopic (exact) mass is 500 g/mol. The number of para-hydroxylation sites is 1. The molecule has 0 aromatic heterocycles. The first-order valence-corrected chi connectivity index (χ1v) is 12.5. The number of nitrogens with zero attached hydrogens (tertiary/aromatic N) is 1. The average molecular weight is 501 g/mol. The molecule has 1 N–H and O–H groups in total. The van der Waals surface area contributed by atoms with Crippen molar-refractivity contribution < 1.29 is 23.8 Å². The van der Waals surface area contributed by atoms with Crippen LogP contribution in [0.1, 0.15) is 44.2 Å². The second-order valence-corrected chi connectivity index (χ2v) is 8.69. The van der Waals surface area contributed by atoms with Crippen LogP contribution in [0.25, 0.3) is 6.08 Å².